The van der Waals surface area contributed by atoms with Gasteiger partial charge in [-0.1, -0.05) is 6.07 Å². The van der Waals surface area contributed by atoms with Crippen molar-refractivity contribution in [2.24, 2.45) is 5.41 Å². The highest BCUT2D eigenvalue weighted by molar-refractivity contribution is 7.89. The van der Waals surface area contributed by atoms with Crippen LogP contribution >= 0.6 is 0 Å². The fourth-order valence-electron chi connectivity index (χ4n) is 4.81. The number of fused-ring (bicyclic) bond motifs is 2. The van der Waals surface area contributed by atoms with E-state index in [4.69, 9.17) is 5.73 Å². The van der Waals surface area contributed by atoms with E-state index < -0.39 is 26.9 Å². The number of carboxylic acid groups (broad SMARTS) is 1. The molecule has 2 aromatic heterocycles. The maximum atomic E-state index is 13.1. The number of sulfonamides is 1. The van der Waals surface area contributed by atoms with Crippen molar-refractivity contribution in [3.8, 4) is 11.3 Å². The molecule has 10 nitrogen and oxygen atoms in total. The van der Waals surface area contributed by atoms with E-state index in [1.54, 1.807) is 24.4 Å². The minimum absolute atomic E-state index is 0.105. The summed E-state index contributed by atoms with van der Waals surface area (Å²) in [6, 6.07) is 4.83. The van der Waals surface area contributed by atoms with Gasteiger partial charge in [0.25, 0.3) is 0 Å². The van der Waals surface area contributed by atoms with Gasteiger partial charge in [-0.05, 0) is 50.3 Å². The minimum atomic E-state index is -3.83. The Morgan fingerprint density at radius 2 is 2.03 bits per heavy atom. The molecule has 2 bridgehead atoms. The molecule has 0 radical (unpaired) electrons. The molecular formula is C19H20N6O4S. The fourth-order valence-corrected chi connectivity index (χ4v) is 6.26. The van der Waals surface area contributed by atoms with E-state index in [-0.39, 0.29) is 10.8 Å². The van der Waals surface area contributed by atoms with Gasteiger partial charge in [-0.3, -0.25) is 9.20 Å². The average molecular weight is 428 g/mol. The number of nitrogens with one attached hydrogen (secondary N) is 1. The highest BCUT2D eigenvalue weighted by Crippen LogP contribution is 2.61. The summed E-state index contributed by atoms with van der Waals surface area (Å²) in [5.74, 6) is -0.247. The van der Waals surface area contributed by atoms with E-state index >= 15 is 0 Å². The largest absolute Gasteiger partial charge is 0.481 e. The van der Waals surface area contributed by atoms with Crippen molar-refractivity contribution in [3.05, 3.63) is 36.3 Å². The van der Waals surface area contributed by atoms with Gasteiger partial charge in [0.05, 0.1) is 16.0 Å². The Balaban J connectivity index is 1.48. The molecule has 156 valence electrons. The summed E-state index contributed by atoms with van der Waals surface area (Å²) in [6.45, 7) is 1.86. The molecule has 3 aliphatic rings. The first-order valence-electron chi connectivity index (χ1n) is 9.47. The molecule has 6 rings (SSSR count). The van der Waals surface area contributed by atoms with Gasteiger partial charge < -0.3 is 10.8 Å². The number of aliphatic carboxylic acids is 1. The first-order valence-corrected chi connectivity index (χ1v) is 11.0. The van der Waals surface area contributed by atoms with Gasteiger partial charge >= 0.3 is 5.97 Å². The summed E-state index contributed by atoms with van der Waals surface area (Å²) in [6.07, 6.45) is 4.67. The van der Waals surface area contributed by atoms with E-state index in [2.05, 4.69) is 19.7 Å². The third-order valence-corrected chi connectivity index (χ3v) is 7.91. The summed E-state index contributed by atoms with van der Waals surface area (Å²) in [7, 11) is -3.83. The van der Waals surface area contributed by atoms with Gasteiger partial charge in [0.15, 0.2) is 0 Å². The normalized spacial score (nSPS) is 25.4. The van der Waals surface area contributed by atoms with E-state index in [0.29, 0.717) is 42.7 Å². The summed E-state index contributed by atoms with van der Waals surface area (Å²) in [4.78, 5) is 24.0. The second-order valence-electron chi connectivity index (χ2n) is 8.33. The number of rotatable bonds is 5. The van der Waals surface area contributed by atoms with Gasteiger partial charge in [0.2, 0.25) is 21.7 Å². The molecule has 0 spiro atoms. The Kier molecular flexibility index (Phi) is 3.78. The summed E-state index contributed by atoms with van der Waals surface area (Å²) >= 11 is 0. The van der Waals surface area contributed by atoms with E-state index in [0.717, 1.165) is 5.56 Å². The molecule has 3 saturated carbocycles. The smallest absolute Gasteiger partial charge is 0.309 e. The second-order valence-corrected chi connectivity index (χ2v) is 10.0. The lowest BCUT2D eigenvalue weighted by atomic mass is 9.66. The Morgan fingerprint density at radius 3 is 2.70 bits per heavy atom. The van der Waals surface area contributed by atoms with E-state index in [9.17, 15) is 18.3 Å². The molecule has 0 amide bonds. The number of aromatic nitrogens is 4. The van der Waals surface area contributed by atoms with Crippen LogP contribution in [0.4, 0.5) is 5.95 Å². The third-order valence-electron chi connectivity index (χ3n) is 6.33. The van der Waals surface area contributed by atoms with Gasteiger partial charge in [-0.25, -0.2) is 28.1 Å². The van der Waals surface area contributed by atoms with E-state index in [1.807, 2.05) is 6.92 Å². The number of imidazole rings is 1. The lowest BCUT2D eigenvalue weighted by Crippen LogP contribution is -2.57. The maximum Gasteiger partial charge on any atom is 0.309 e. The molecule has 3 aromatic rings. The second kappa shape index (κ2) is 5.99. The van der Waals surface area contributed by atoms with Crippen LogP contribution in [-0.4, -0.2) is 44.4 Å². The molecule has 11 heteroatoms. The molecule has 0 unspecified atom stereocenters. The summed E-state index contributed by atoms with van der Waals surface area (Å²) in [5, 5.41) is 9.41. The van der Waals surface area contributed by atoms with Crippen LogP contribution in [0.25, 0.3) is 17.0 Å². The van der Waals surface area contributed by atoms with Gasteiger partial charge in [-0.15, -0.1) is 0 Å². The number of nitrogens with two attached hydrogens (primary N) is 1. The monoisotopic (exact) mass is 428 g/mol. The summed E-state index contributed by atoms with van der Waals surface area (Å²) in [5.41, 5.74) is 6.42. The number of anilines is 1. The maximum absolute atomic E-state index is 13.1. The Bertz CT molecular complexity index is 1310. The van der Waals surface area contributed by atoms with Crippen molar-refractivity contribution in [2.75, 3.05) is 5.73 Å². The lowest BCUT2D eigenvalue weighted by Gasteiger charge is -2.44. The first kappa shape index (κ1) is 18.9. The van der Waals surface area contributed by atoms with Crippen molar-refractivity contribution in [3.63, 3.8) is 0 Å². The number of hydrogen-bond acceptors (Lipinski definition) is 7. The fraction of sp³-hybridized carbons (Fsp3) is 0.368. The Morgan fingerprint density at radius 1 is 1.27 bits per heavy atom. The predicted molar refractivity (Wildman–Crippen MR) is 107 cm³/mol. The van der Waals surface area contributed by atoms with Crippen LogP contribution in [0, 0.1) is 12.3 Å². The van der Waals surface area contributed by atoms with Crippen LogP contribution in [0.2, 0.25) is 0 Å². The van der Waals surface area contributed by atoms with Crippen LogP contribution in [0.5, 0.6) is 0 Å². The molecule has 1 aromatic carbocycles. The third kappa shape index (κ3) is 2.69. The molecule has 0 aliphatic heterocycles. The predicted octanol–water partition coefficient (Wildman–Crippen LogP) is 1.36. The topological polar surface area (TPSA) is 153 Å². The number of carboxylic acids is 1. The van der Waals surface area contributed by atoms with Crippen molar-refractivity contribution in [2.45, 2.75) is 43.0 Å². The summed E-state index contributed by atoms with van der Waals surface area (Å²) < 4.78 is 30.5. The minimum Gasteiger partial charge on any atom is -0.481 e. The SMILES string of the molecule is Cc1ccc(S(=O)(=O)NC23CCC(C(=O)O)(C2)C3)cc1-c1cn2c(N)ncnc2n1. The van der Waals surface area contributed by atoms with Crippen LogP contribution in [0.15, 0.2) is 35.6 Å². The number of nitrogens with zero attached hydrogens (tertiary/aromatic N) is 4. The Labute approximate surface area is 172 Å². The van der Waals surface area contributed by atoms with Crippen molar-refractivity contribution < 1.29 is 18.3 Å². The van der Waals surface area contributed by atoms with Gasteiger partial charge in [0, 0.05) is 17.3 Å². The molecule has 3 aliphatic carbocycles. The van der Waals surface area contributed by atoms with Crippen LogP contribution in [-0.2, 0) is 14.8 Å². The molecule has 30 heavy (non-hydrogen) atoms. The number of carbonyl (C=O) groups is 1. The number of hydrogen-bond donors (Lipinski definition) is 3. The highest BCUT2D eigenvalue weighted by atomic mass is 32.2. The quantitative estimate of drug-likeness (QED) is 0.551. The van der Waals surface area contributed by atoms with Gasteiger partial charge in [0.1, 0.15) is 6.33 Å². The molecular weight excluding hydrogens is 408 g/mol. The van der Waals surface area contributed by atoms with Crippen LogP contribution < -0.4 is 10.5 Å². The molecule has 0 saturated heterocycles. The Hall–Kier alpha value is -3.05. The standard InChI is InChI=1S/C19H20N6O4S/c1-11-2-3-12(6-13(11)14-7-25-16(20)21-10-22-17(25)23-14)30(28,29)24-19-5-4-18(8-19,9-19)15(26)27/h2-3,6-7,10,24H,4-5,8-9H2,1H3,(H,26,27)(H2,20,21,22,23). The number of nitrogen functional groups attached to an aromatic ring is 1. The zero-order chi connectivity index (χ0) is 21.3. The average Bonchev–Trinajstić information content (AvgIpc) is 3.33. The zero-order valence-electron chi connectivity index (χ0n) is 16.2. The van der Waals surface area contributed by atoms with Crippen molar-refractivity contribution in [1.82, 2.24) is 24.1 Å². The number of aryl methyl sites for hydroxylation is 1. The first-order chi connectivity index (χ1) is 14.1. The van der Waals surface area contributed by atoms with Crippen molar-refractivity contribution >= 4 is 27.7 Å². The molecule has 3 fully saturated rings. The molecule has 4 N–H and O–H groups in total. The van der Waals surface area contributed by atoms with Gasteiger partial charge in [-0.2, -0.15) is 0 Å². The van der Waals surface area contributed by atoms with E-state index in [1.165, 1.54) is 10.7 Å². The van der Waals surface area contributed by atoms with Crippen molar-refractivity contribution in [1.29, 1.82) is 0 Å². The zero-order valence-corrected chi connectivity index (χ0v) is 17.0. The lowest BCUT2D eigenvalue weighted by molar-refractivity contribution is -0.154. The number of benzene rings is 1. The molecule has 2 heterocycles. The molecule has 0 atom stereocenters. The highest BCUT2D eigenvalue weighted by Gasteiger charge is 2.65. The van der Waals surface area contributed by atoms with Crippen LogP contribution in [0.3, 0.4) is 0 Å². The van der Waals surface area contributed by atoms with Crippen LogP contribution in [0.1, 0.15) is 31.2 Å².